The molecule has 100 valence electrons. The van der Waals surface area contributed by atoms with E-state index in [0.29, 0.717) is 17.8 Å². The number of nitrogens with one attached hydrogen (secondary N) is 1. The van der Waals surface area contributed by atoms with Crippen LogP contribution < -0.4 is 5.32 Å². The molecule has 1 N–H and O–H groups in total. The summed E-state index contributed by atoms with van der Waals surface area (Å²) in [6, 6.07) is 0.670. The molecule has 1 unspecified atom stereocenters. The molecule has 2 aliphatic heterocycles. The van der Waals surface area contributed by atoms with Gasteiger partial charge in [0.05, 0.1) is 6.10 Å². The van der Waals surface area contributed by atoms with E-state index >= 15 is 0 Å². The van der Waals surface area contributed by atoms with Gasteiger partial charge in [-0.1, -0.05) is 5.16 Å². The number of nitrogens with zero attached hydrogens (tertiary/aromatic N) is 2. The Bertz CT molecular complexity index is 392. The number of aryl methyl sites for hydroxylation is 1. The average molecular weight is 269 g/mol. The molecule has 0 saturated carbocycles. The van der Waals surface area contributed by atoms with Crippen LogP contribution in [0, 0.1) is 6.92 Å². The van der Waals surface area contributed by atoms with Gasteiger partial charge in [0.2, 0.25) is 0 Å². The normalized spacial score (nSPS) is 32.2. The van der Waals surface area contributed by atoms with Crippen molar-refractivity contribution in [1.82, 2.24) is 15.5 Å². The quantitative estimate of drug-likeness (QED) is 0.897. The lowest BCUT2D eigenvalue weighted by Crippen LogP contribution is -2.35. The van der Waals surface area contributed by atoms with Crippen molar-refractivity contribution in [3.63, 3.8) is 0 Å². The maximum atomic E-state index is 5.96. The predicted octanol–water partition coefficient (Wildman–Crippen LogP) is 1.69. The molecule has 2 aliphatic rings. The zero-order valence-electron chi connectivity index (χ0n) is 10.6. The van der Waals surface area contributed by atoms with E-state index in [9.17, 15) is 0 Å². The number of thioether (sulfide) groups is 1. The minimum absolute atomic E-state index is 0.00375. The van der Waals surface area contributed by atoms with Crippen LogP contribution in [-0.2, 0) is 4.74 Å². The van der Waals surface area contributed by atoms with Crippen LogP contribution in [0.4, 0.5) is 0 Å². The monoisotopic (exact) mass is 269 g/mol. The Balaban J connectivity index is 1.46. The van der Waals surface area contributed by atoms with Crippen LogP contribution in [0.2, 0.25) is 0 Å². The van der Waals surface area contributed by atoms with Crippen LogP contribution in [0.3, 0.4) is 0 Å². The summed E-state index contributed by atoms with van der Waals surface area (Å²) in [5.74, 6) is 3.83. The zero-order chi connectivity index (χ0) is 12.4. The van der Waals surface area contributed by atoms with Crippen LogP contribution in [0.5, 0.6) is 0 Å². The summed E-state index contributed by atoms with van der Waals surface area (Å²) in [6.07, 6.45) is 3.61. The van der Waals surface area contributed by atoms with Gasteiger partial charge in [-0.05, 0) is 31.9 Å². The Hall–Kier alpha value is -0.590. The third-order valence-corrected chi connectivity index (χ3v) is 4.65. The lowest BCUT2D eigenvalue weighted by atomic mass is 10.2. The molecule has 0 aliphatic carbocycles. The molecule has 18 heavy (non-hydrogen) atoms. The second-order valence-corrected chi connectivity index (χ2v) is 6.12. The topological polar surface area (TPSA) is 60.2 Å². The first-order valence-electron chi connectivity index (χ1n) is 6.58. The summed E-state index contributed by atoms with van der Waals surface area (Å²) in [7, 11) is 0. The van der Waals surface area contributed by atoms with Crippen molar-refractivity contribution < 1.29 is 9.26 Å². The average Bonchev–Trinajstić information content (AvgIpc) is 3.07. The van der Waals surface area contributed by atoms with Crippen LogP contribution >= 0.6 is 11.8 Å². The Kier molecular flexibility index (Phi) is 3.86. The fraction of sp³-hybridized carbons (Fsp3) is 0.833. The van der Waals surface area contributed by atoms with E-state index < -0.39 is 0 Å². The Labute approximate surface area is 111 Å². The van der Waals surface area contributed by atoms with Crippen molar-refractivity contribution in [2.45, 2.75) is 44.4 Å². The standard InChI is InChI=1S/C12H19N3O2S/c1-8-14-12(17-15-8)11-3-2-10(16-11)6-13-9-4-5-18-7-9/h9-11,13H,2-7H2,1H3/t9?,10-,11+/m1/s1. The van der Waals surface area contributed by atoms with Gasteiger partial charge in [-0.25, -0.2) is 0 Å². The van der Waals surface area contributed by atoms with Gasteiger partial charge >= 0.3 is 0 Å². The Morgan fingerprint density at radius 2 is 2.33 bits per heavy atom. The van der Waals surface area contributed by atoms with Crippen molar-refractivity contribution in [3.05, 3.63) is 11.7 Å². The number of ether oxygens (including phenoxy) is 1. The third-order valence-electron chi connectivity index (χ3n) is 3.49. The minimum Gasteiger partial charge on any atom is -0.364 e. The summed E-state index contributed by atoms with van der Waals surface area (Å²) in [5, 5.41) is 7.40. The van der Waals surface area contributed by atoms with Gasteiger partial charge in [-0.2, -0.15) is 16.7 Å². The number of aromatic nitrogens is 2. The van der Waals surface area contributed by atoms with Gasteiger partial charge in [0.25, 0.3) is 5.89 Å². The molecule has 0 aromatic carbocycles. The van der Waals surface area contributed by atoms with Crippen molar-refractivity contribution in [2.24, 2.45) is 0 Å². The molecule has 1 aromatic rings. The summed E-state index contributed by atoms with van der Waals surface area (Å²) in [6.45, 7) is 2.77. The highest BCUT2D eigenvalue weighted by atomic mass is 32.2. The minimum atomic E-state index is -0.00375. The highest BCUT2D eigenvalue weighted by molar-refractivity contribution is 7.99. The van der Waals surface area contributed by atoms with Crippen LogP contribution in [0.1, 0.15) is 37.1 Å². The van der Waals surface area contributed by atoms with Crippen molar-refractivity contribution >= 4 is 11.8 Å². The molecular formula is C12H19N3O2S. The molecule has 5 nitrogen and oxygen atoms in total. The molecule has 2 saturated heterocycles. The molecule has 0 radical (unpaired) electrons. The van der Waals surface area contributed by atoms with Gasteiger partial charge in [0, 0.05) is 18.3 Å². The third kappa shape index (κ3) is 2.87. The predicted molar refractivity (Wildman–Crippen MR) is 69.6 cm³/mol. The highest BCUT2D eigenvalue weighted by Gasteiger charge is 2.30. The molecule has 1 aromatic heterocycles. The SMILES string of the molecule is Cc1noc([C@@H]2CC[C@H](CNC3CCSC3)O2)n1. The van der Waals surface area contributed by atoms with E-state index in [2.05, 4.69) is 15.5 Å². The molecule has 0 amide bonds. The van der Waals surface area contributed by atoms with Gasteiger partial charge in [-0.15, -0.1) is 0 Å². The zero-order valence-corrected chi connectivity index (χ0v) is 11.4. The van der Waals surface area contributed by atoms with E-state index in [1.807, 2.05) is 18.7 Å². The van der Waals surface area contributed by atoms with Gasteiger partial charge < -0.3 is 14.6 Å². The van der Waals surface area contributed by atoms with E-state index in [0.717, 1.165) is 19.4 Å². The summed E-state index contributed by atoms with van der Waals surface area (Å²) < 4.78 is 11.1. The van der Waals surface area contributed by atoms with Crippen molar-refractivity contribution in [3.8, 4) is 0 Å². The number of hydrogen-bond donors (Lipinski definition) is 1. The van der Waals surface area contributed by atoms with E-state index in [-0.39, 0.29) is 12.2 Å². The van der Waals surface area contributed by atoms with Crippen LogP contribution in [0.25, 0.3) is 0 Å². The van der Waals surface area contributed by atoms with E-state index in [4.69, 9.17) is 9.26 Å². The molecule has 6 heteroatoms. The number of rotatable bonds is 4. The van der Waals surface area contributed by atoms with E-state index in [1.54, 1.807) is 0 Å². The largest absolute Gasteiger partial charge is 0.364 e. The molecule has 0 bridgehead atoms. The number of hydrogen-bond acceptors (Lipinski definition) is 6. The molecule has 3 rings (SSSR count). The smallest absolute Gasteiger partial charge is 0.255 e. The van der Waals surface area contributed by atoms with Crippen molar-refractivity contribution in [1.29, 1.82) is 0 Å². The molecule has 2 fully saturated rings. The second kappa shape index (κ2) is 5.59. The Morgan fingerprint density at radius 1 is 1.39 bits per heavy atom. The maximum Gasteiger partial charge on any atom is 0.255 e. The molecule has 3 heterocycles. The summed E-state index contributed by atoms with van der Waals surface area (Å²) in [5.41, 5.74) is 0. The fourth-order valence-corrected chi connectivity index (χ4v) is 3.66. The molecule has 3 atom stereocenters. The first kappa shape index (κ1) is 12.4. The van der Waals surface area contributed by atoms with E-state index in [1.165, 1.54) is 17.9 Å². The van der Waals surface area contributed by atoms with Gasteiger partial charge in [-0.3, -0.25) is 0 Å². The van der Waals surface area contributed by atoms with Gasteiger partial charge in [0.15, 0.2) is 5.82 Å². The molecular weight excluding hydrogens is 250 g/mol. The van der Waals surface area contributed by atoms with Crippen LogP contribution in [-0.4, -0.2) is 40.3 Å². The first-order valence-corrected chi connectivity index (χ1v) is 7.73. The fourth-order valence-electron chi connectivity index (χ4n) is 2.48. The maximum absolute atomic E-state index is 5.96. The lowest BCUT2D eigenvalue weighted by Gasteiger charge is -2.16. The summed E-state index contributed by atoms with van der Waals surface area (Å²) >= 11 is 2.03. The molecule has 0 spiro atoms. The van der Waals surface area contributed by atoms with Crippen molar-refractivity contribution in [2.75, 3.05) is 18.1 Å². The lowest BCUT2D eigenvalue weighted by molar-refractivity contribution is 0.0256. The second-order valence-electron chi connectivity index (χ2n) is 4.97. The first-order chi connectivity index (χ1) is 8.81. The van der Waals surface area contributed by atoms with Gasteiger partial charge in [0.1, 0.15) is 6.10 Å². The van der Waals surface area contributed by atoms with Crippen LogP contribution in [0.15, 0.2) is 4.52 Å². The summed E-state index contributed by atoms with van der Waals surface area (Å²) in [4.78, 5) is 4.24. The Morgan fingerprint density at radius 3 is 3.06 bits per heavy atom. The highest BCUT2D eigenvalue weighted by Crippen LogP contribution is 2.31.